The number of imide groups is 1. The number of likely N-dealkylation sites (tertiary alicyclic amines) is 1. The molecule has 7 nitrogen and oxygen atoms in total. The molecule has 3 rings (SSSR count). The van der Waals surface area contributed by atoms with E-state index in [9.17, 15) is 14.4 Å². The Kier molecular flexibility index (Phi) is 4.07. The number of anilines is 1. The summed E-state index contributed by atoms with van der Waals surface area (Å²) in [5.41, 5.74) is 0.659. The van der Waals surface area contributed by atoms with E-state index in [4.69, 9.17) is 4.74 Å². The summed E-state index contributed by atoms with van der Waals surface area (Å²) in [5.74, 6) is -2.53. The first-order valence-electron chi connectivity index (χ1n) is 8.17. The summed E-state index contributed by atoms with van der Waals surface area (Å²) in [4.78, 5) is 40.7. The number of carbonyl (C=O) groups is 3. The molecule has 2 fully saturated rings. The number of nitrogens with one attached hydrogen (secondary N) is 1. The third-order valence-corrected chi connectivity index (χ3v) is 5.39. The van der Waals surface area contributed by atoms with Gasteiger partial charge in [-0.25, -0.2) is 0 Å². The van der Waals surface area contributed by atoms with Crippen LogP contribution in [0.25, 0.3) is 0 Å². The van der Waals surface area contributed by atoms with Crippen molar-refractivity contribution in [3.05, 3.63) is 29.8 Å². The van der Waals surface area contributed by atoms with E-state index < -0.39 is 29.4 Å². The van der Waals surface area contributed by atoms with E-state index in [1.807, 2.05) is 43.3 Å². The second-order valence-corrected chi connectivity index (χ2v) is 7.04. The van der Waals surface area contributed by atoms with Gasteiger partial charge in [0.1, 0.15) is 5.54 Å². The Balaban J connectivity index is 2.04. The van der Waals surface area contributed by atoms with Crippen molar-refractivity contribution in [3.63, 3.8) is 0 Å². The molecule has 0 spiro atoms. The molecule has 1 aromatic rings. The van der Waals surface area contributed by atoms with Crippen molar-refractivity contribution in [2.75, 3.05) is 33.2 Å². The predicted molar refractivity (Wildman–Crippen MR) is 91.8 cm³/mol. The quantitative estimate of drug-likeness (QED) is 0.637. The van der Waals surface area contributed by atoms with Gasteiger partial charge in [-0.3, -0.25) is 24.6 Å². The molecule has 4 atom stereocenters. The Morgan fingerprint density at radius 3 is 2.32 bits per heavy atom. The third kappa shape index (κ3) is 2.41. The van der Waals surface area contributed by atoms with Crippen LogP contribution < -0.4 is 10.2 Å². The van der Waals surface area contributed by atoms with Crippen LogP contribution in [0.15, 0.2) is 24.3 Å². The molecular weight excluding hydrogens is 322 g/mol. The molecule has 2 amide bonds. The van der Waals surface area contributed by atoms with E-state index in [0.717, 1.165) is 16.2 Å². The van der Waals surface area contributed by atoms with Crippen molar-refractivity contribution in [1.29, 1.82) is 0 Å². The van der Waals surface area contributed by atoms with Gasteiger partial charge in [0.25, 0.3) is 0 Å². The monoisotopic (exact) mass is 345 g/mol. The first-order chi connectivity index (χ1) is 11.7. The summed E-state index contributed by atoms with van der Waals surface area (Å²) in [7, 11) is 6.64. The maximum Gasteiger partial charge on any atom is 0.326 e. The number of rotatable bonds is 3. The second-order valence-electron chi connectivity index (χ2n) is 7.04. The van der Waals surface area contributed by atoms with Gasteiger partial charge in [-0.2, -0.15) is 0 Å². The van der Waals surface area contributed by atoms with Crippen molar-refractivity contribution in [3.8, 4) is 0 Å². The zero-order valence-electron chi connectivity index (χ0n) is 15.1. The average Bonchev–Trinajstić information content (AvgIpc) is 3.04. The Labute approximate surface area is 146 Å². The highest BCUT2D eigenvalue weighted by molar-refractivity contribution is 6.09. The SMILES string of the molecule is COC(=O)[C@]1(C)N[C@H](c2ccc(N(C)C)cc2)[C@H]2C(=O)N(C)C(=O)[C@H]21. The van der Waals surface area contributed by atoms with Crippen LogP contribution in [0.1, 0.15) is 18.5 Å². The van der Waals surface area contributed by atoms with E-state index in [1.165, 1.54) is 14.2 Å². The number of benzene rings is 1. The normalized spacial score (nSPS) is 31.2. The third-order valence-electron chi connectivity index (χ3n) is 5.39. The lowest BCUT2D eigenvalue weighted by molar-refractivity contribution is -0.152. The molecule has 0 bridgehead atoms. The van der Waals surface area contributed by atoms with Gasteiger partial charge >= 0.3 is 5.97 Å². The number of amides is 2. The molecule has 25 heavy (non-hydrogen) atoms. The molecule has 2 heterocycles. The van der Waals surface area contributed by atoms with Crippen LogP contribution in [0.4, 0.5) is 5.69 Å². The van der Waals surface area contributed by atoms with Gasteiger partial charge in [0, 0.05) is 32.9 Å². The van der Waals surface area contributed by atoms with E-state index in [1.54, 1.807) is 6.92 Å². The van der Waals surface area contributed by atoms with E-state index in [0.29, 0.717) is 0 Å². The van der Waals surface area contributed by atoms with Crippen LogP contribution in [0, 0.1) is 11.8 Å². The molecule has 0 aromatic heterocycles. The number of methoxy groups -OCH3 is 1. The minimum atomic E-state index is -1.23. The highest BCUT2D eigenvalue weighted by Crippen LogP contribution is 2.48. The van der Waals surface area contributed by atoms with Gasteiger partial charge in [0.05, 0.1) is 18.9 Å². The van der Waals surface area contributed by atoms with E-state index in [2.05, 4.69) is 5.32 Å². The van der Waals surface area contributed by atoms with Crippen molar-refractivity contribution in [1.82, 2.24) is 10.2 Å². The first kappa shape index (κ1) is 17.4. The smallest absolute Gasteiger partial charge is 0.326 e. The van der Waals surface area contributed by atoms with Gasteiger partial charge in [-0.15, -0.1) is 0 Å². The van der Waals surface area contributed by atoms with Gasteiger partial charge in [0.2, 0.25) is 11.8 Å². The van der Waals surface area contributed by atoms with Crippen molar-refractivity contribution in [2.24, 2.45) is 11.8 Å². The van der Waals surface area contributed by atoms with Crippen LogP contribution in [-0.4, -0.2) is 56.5 Å². The highest BCUT2D eigenvalue weighted by Gasteiger charge is 2.66. The molecule has 7 heteroatoms. The number of hydrogen-bond donors (Lipinski definition) is 1. The number of carbonyl (C=O) groups excluding carboxylic acids is 3. The second kappa shape index (κ2) is 5.84. The zero-order valence-corrected chi connectivity index (χ0v) is 15.1. The lowest BCUT2D eigenvalue weighted by Crippen LogP contribution is -2.53. The fraction of sp³-hybridized carbons (Fsp3) is 0.500. The summed E-state index contributed by atoms with van der Waals surface area (Å²) in [5, 5.41) is 3.21. The van der Waals surface area contributed by atoms with Gasteiger partial charge < -0.3 is 9.64 Å². The number of esters is 1. The minimum absolute atomic E-state index is 0.267. The molecule has 1 N–H and O–H groups in total. The van der Waals surface area contributed by atoms with E-state index >= 15 is 0 Å². The molecule has 2 aliphatic rings. The van der Waals surface area contributed by atoms with Gasteiger partial charge in [-0.1, -0.05) is 12.1 Å². The van der Waals surface area contributed by atoms with Gasteiger partial charge in [-0.05, 0) is 24.6 Å². The minimum Gasteiger partial charge on any atom is -0.468 e. The van der Waals surface area contributed by atoms with Crippen LogP contribution in [0.2, 0.25) is 0 Å². The molecule has 0 aliphatic carbocycles. The summed E-state index contributed by atoms with van der Waals surface area (Å²) in [6.45, 7) is 1.63. The average molecular weight is 345 g/mol. The fourth-order valence-corrected chi connectivity index (χ4v) is 3.95. The standard InChI is InChI=1S/C18H23N3O4/c1-18(17(24)25-5)13-12(15(22)21(4)16(13)23)14(19-18)10-6-8-11(9-7-10)20(2)3/h6-9,12-14,19H,1-5H3/t12-,13-,14+,18+/m0/s1. The lowest BCUT2D eigenvalue weighted by Gasteiger charge is -2.28. The maximum atomic E-state index is 12.7. The number of hydrogen-bond acceptors (Lipinski definition) is 6. The number of fused-ring (bicyclic) bond motifs is 1. The van der Waals surface area contributed by atoms with E-state index in [-0.39, 0.29) is 11.8 Å². The largest absolute Gasteiger partial charge is 0.468 e. The molecule has 1 aromatic carbocycles. The van der Waals surface area contributed by atoms with Crippen molar-refractivity contribution >= 4 is 23.5 Å². The molecule has 2 aliphatic heterocycles. The van der Waals surface area contributed by atoms with Crippen LogP contribution in [-0.2, 0) is 19.1 Å². The summed E-state index contributed by atoms with van der Waals surface area (Å²) >= 11 is 0. The Morgan fingerprint density at radius 2 is 1.80 bits per heavy atom. The zero-order chi connectivity index (χ0) is 18.5. The number of nitrogens with zero attached hydrogens (tertiary/aromatic N) is 2. The molecule has 2 saturated heterocycles. The molecular formula is C18H23N3O4. The van der Waals surface area contributed by atoms with Crippen LogP contribution in [0.3, 0.4) is 0 Å². The molecule has 0 unspecified atom stereocenters. The molecule has 0 radical (unpaired) electrons. The van der Waals surface area contributed by atoms with Gasteiger partial charge in [0.15, 0.2) is 0 Å². The van der Waals surface area contributed by atoms with Crippen molar-refractivity contribution < 1.29 is 19.1 Å². The fourth-order valence-electron chi connectivity index (χ4n) is 3.95. The maximum absolute atomic E-state index is 12.7. The topological polar surface area (TPSA) is 79.0 Å². The number of ether oxygens (including phenoxy) is 1. The summed E-state index contributed by atoms with van der Waals surface area (Å²) in [6, 6.07) is 7.31. The van der Waals surface area contributed by atoms with Crippen LogP contribution >= 0.6 is 0 Å². The summed E-state index contributed by atoms with van der Waals surface area (Å²) < 4.78 is 4.91. The van der Waals surface area contributed by atoms with Crippen molar-refractivity contribution in [2.45, 2.75) is 18.5 Å². The molecule has 134 valence electrons. The highest BCUT2D eigenvalue weighted by atomic mass is 16.5. The Morgan fingerprint density at radius 1 is 1.20 bits per heavy atom. The summed E-state index contributed by atoms with van der Waals surface area (Å²) in [6.07, 6.45) is 0. The Bertz CT molecular complexity index is 730. The lowest BCUT2D eigenvalue weighted by atomic mass is 9.80. The predicted octanol–water partition coefficient (Wildman–Crippen LogP) is 0.560. The molecule has 0 saturated carbocycles. The Hall–Kier alpha value is -2.41. The first-order valence-corrected chi connectivity index (χ1v) is 8.17. The van der Waals surface area contributed by atoms with Crippen LogP contribution in [0.5, 0.6) is 0 Å².